The molecule has 7 heteroatoms. The SMILES string of the molecule is CCN(CC)c1ccc(C=C2SC(=S)N(CCCCCC(=O)[O-])C2=O)cc1. The topological polar surface area (TPSA) is 63.7 Å². The lowest BCUT2D eigenvalue weighted by molar-refractivity contribution is -0.305. The zero-order chi connectivity index (χ0) is 19.8. The lowest BCUT2D eigenvalue weighted by Gasteiger charge is -2.20. The summed E-state index contributed by atoms with van der Waals surface area (Å²) in [6, 6.07) is 8.16. The summed E-state index contributed by atoms with van der Waals surface area (Å²) in [6.45, 7) is 6.69. The molecule has 0 spiro atoms. The summed E-state index contributed by atoms with van der Waals surface area (Å²) < 4.78 is 0.561. The van der Waals surface area contributed by atoms with Crippen molar-refractivity contribution >= 4 is 51.9 Å². The van der Waals surface area contributed by atoms with Gasteiger partial charge in [0, 0.05) is 31.3 Å². The van der Waals surface area contributed by atoms with Crippen molar-refractivity contribution in [1.82, 2.24) is 4.90 Å². The Morgan fingerprint density at radius 1 is 1.19 bits per heavy atom. The molecule has 1 amide bonds. The largest absolute Gasteiger partial charge is 0.550 e. The molecule has 1 heterocycles. The Balaban J connectivity index is 1.96. The van der Waals surface area contributed by atoms with Crippen LogP contribution in [-0.4, -0.2) is 40.7 Å². The molecular formula is C20H25N2O3S2-. The third-order valence-corrected chi connectivity index (χ3v) is 5.83. The molecule has 0 saturated carbocycles. The minimum atomic E-state index is -1.03. The summed E-state index contributed by atoms with van der Waals surface area (Å²) in [7, 11) is 0. The fraction of sp³-hybridized carbons (Fsp3) is 0.450. The van der Waals surface area contributed by atoms with E-state index in [-0.39, 0.29) is 12.3 Å². The first-order valence-electron chi connectivity index (χ1n) is 9.26. The van der Waals surface area contributed by atoms with Gasteiger partial charge in [-0.1, -0.05) is 42.5 Å². The third kappa shape index (κ3) is 6.07. The summed E-state index contributed by atoms with van der Waals surface area (Å²) in [6.07, 6.45) is 3.96. The van der Waals surface area contributed by atoms with Crippen LogP contribution in [0.2, 0.25) is 0 Å². The number of benzene rings is 1. The second-order valence-corrected chi connectivity index (χ2v) is 7.96. The zero-order valence-electron chi connectivity index (χ0n) is 15.8. The van der Waals surface area contributed by atoms with E-state index < -0.39 is 5.97 Å². The molecule has 1 aliphatic rings. The molecule has 0 bridgehead atoms. The average Bonchev–Trinajstić information content (AvgIpc) is 2.90. The molecule has 0 radical (unpaired) electrons. The second kappa shape index (κ2) is 10.5. The maximum atomic E-state index is 12.6. The minimum Gasteiger partial charge on any atom is -0.550 e. The van der Waals surface area contributed by atoms with E-state index in [1.807, 2.05) is 18.2 Å². The van der Waals surface area contributed by atoms with Crippen LogP contribution in [0.5, 0.6) is 0 Å². The van der Waals surface area contributed by atoms with E-state index in [0.717, 1.165) is 31.5 Å². The van der Waals surface area contributed by atoms with Crippen LogP contribution < -0.4 is 10.0 Å². The van der Waals surface area contributed by atoms with E-state index in [4.69, 9.17) is 12.2 Å². The lowest BCUT2D eigenvalue weighted by atomic mass is 10.1. The number of unbranched alkanes of at least 4 members (excludes halogenated alkanes) is 2. The Kier molecular flexibility index (Phi) is 8.31. The van der Waals surface area contributed by atoms with Gasteiger partial charge in [0.1, 0.15) is 4.32 Å². The maximum Gasteiger partial charge on any atom is 0.266 e. The van der Waals surface area contributed by atoms with Crippen LogP contribution in [0.4, 0.5) is 5.69 Å². The highest BCUT2D eigenvalue weighted by Gasteiger charge is 2.31. The van der Waals surface area contributed by atoms with Crippen molar-refractivity contribution in [1.29, 1.82) is 0 Å². The Morgan fingerprint density at radius 2 is 1.85 bits per heavy atom. The van der Waals surface area contributed by atoms with E-state index in [2.05, 4.69) is 30.9 Å². The van der Waals surface area contributed by atoms with Crippen molar-refractivity contribution in [3.8, 4) is 0 Å². The van der Waals surface area contributed by atoms with E-state index >= 15 is 0 Å². The predicted octanol–water partition coefficient (Wildman–Crippen LogP) is 3.04. The summed E-state index contributed by atoms with van der Waals surface area (Å²) in [5.74, 6) is -1.10. The van der Waals surface area contributed by atoms with Crippen LogP contribution >= 0.6 is 24.0 Å². The maximum absolute atomic E-state index is 12.6. The first-order chi connectivity index (χ1) is 13.0. The highest BCUT2D eigenvalue weighted by atomic mass is 32.2. The standard InChI is InChI=1S/C20H26N2O3S2/c1-3-21(4-2)16-11-9-15(10-12-16)14-17-19(25)22(20(26)27-17)13-7-5-6-8-18(23)24/h9-12,14H,3-8,13H2,1-2H3,(H,23,24)/p-1. The van der Waals surface area contributed by atoms with Gasteiger partial charge in [-0.2, -0.15) is 0 Å². The normalized spacial score (nSPS) is 15.6. The Hall–Kier alpha value is -1.86. The van der Waals surface area contributed by atoms with Gasteiger partial charge in [-0.05, 0) is 56.9 Å². The van der Waals surface area contributed by atoms with Gasteiger partial charge in [0.15, 0.2) is 0 Å². The number of hydrogen-bond acceptors (Lipinski definition) is 6. The molecule has 27 heavy (non-hydrogen) atoms. The number of amides is 1. The number of carboxylic acid groups (broad SMARTS) is 1. The van der Waals surface area contributed by atoms with Crippen LogP contribution in [0.3, 0.4) is 0 Å². The van der Waals surface area contributed by atoms with E-state index in [9.17, 15) is 14.7 Å². The number of carbonyl (C=O) groups is 2. The fourth-order valence-electron chi connectivity index (χ4n) is 2.93. The third-order valence-electron chi connectivity index (χ3n) is 4.46. The van der Waals surface area contributed by atoms with E-state index in [1.54, 1.807) is 4.90 Å². The molecule has 0 unspecified atom stereocenters. The van der Waals surface area contributed by atoms with Gasteiger partial charge in [-0.15, -0.1) is 0 Å². The molecular weight excluding hydrogens is 380 g/mol. The number of carboxylic acids is 1. The van der Waals surface area contributed by atoms with Gasteiger partial charge in [-0.25, -0.2) is 0 Å². The quantitative estimate of drug-likeness (QED) is 0.339. The molecule has 0 aromatic heterocycles. The highest BCUT2D eigenvalue weighted by molar-refractivity contribution is 8.26. The summed E-state index contributed by atoms with van der Waals surface area (Å²) in [4.78, 5) is 27.5. The van der Waals surface area contributed by atoms with Gasteiger partial charge in [0.2, 0.25) is 0 Å². The Morgan fingerprint density at radius 3 is 2.44 bits per heavy atom. The molecule has 1 fully saturated rings. The van der Waals surface area contributed by atoms with Gasteiger partial charge >= 0.3 is 0 Å². The highest BCUT2D eigenvalue weighted by Crippen LogP contribution is 2.33. The van der Waals surface area contributed by atoms with Gasteiger partial charge in [-0.3, -0.25) is 9.69 Å². The van der Waals surface area contributed by atoms with Crippen molar-refractivity contribution in [3.05, 3.63) is 34.7 Å². The molecule has 1 aromatic carbocycles. The molecule has 1 saturated heterocycles. The Bertz CT molecular complexity index is 712. The van der Waals surface area contributed by atoms with Crippen LogP contribution in [0.15, 0.2) is 29.2 Å². The number of carbonyl (C=O) groups excluding carboxylic acids is 2. The van der Waals surface area contributed by atoms with Crippen molar-refractivity contribution in [2.75, 3.05) is 24.5 Å². The predicted molar refractivity (Wildman–Crippen MR) is 113 cm³/mol. The average molecular weight is 406 g/mol. The molecule has 5 nitrogen and oxygen atoms in total. The van der Waals surface area contributed by atoms with E-state index in [0.29, 0.717) is 22.2 Å². The van der Waals surface area contributed by atoms with Crippen molar-refractivity contribution in [3.63, 3.8) is 0 Å². The van der Waals surface area contributed by atoms with Crippen LogP contribution in [0, 0.1) is 0 Å². The van der Waals surface area contributed by atoms with E-state index in [1.165, 1.54) is 17.4 Å². The molecule has 146 valence electrons. The monoisotopic (exact) mass is 405 g/mol. The second-order valence-electron chi connectivity index (χ2n) is 6.28. The van der Waals surface area contributed by atoms with Crippen molar-refractivity contribution < 1.29 is 14.7 Å². The zero-order valence-corrected chi connectivity index (χ0v) is 17.4. The lowest BCUT2D eigenvalue weighted by Crippen LogP contribution is -2.29. The number of thioether (sulfide) groups is 1. The van der Waals surface area contributed by atoms with Gasteiger partial charge < -0.3 is 14.8 Å². The van der Waals surface area contributed by atoms with Gasteiger partial charge in [0.25, 0.3) is 5.91 Å². The van der Waals surface area contributed by atoms with Crippen LogP contribution in [0.25, 0.3) is 6.08 Å². The summed E-state index contributed by atoms with van der Waals surface area (Å²) >= 11 is 6.65. The van der Waals surface area contributed by atoms with Crippen LogP contribution in [-0.2, 0) is 9.59 Å². The number of rotatable bonds is 10. The number of thiocarbonyl (C=S) groups is 1. The first-order valence-corrected chi connectivity index (χ1v) is 10.5. The number of nitrogens with zero attached hydrogens (tertiary/aromatic N) is 2. The minimum absolute atomic E-state index is 0.0573. The van der Waals surface area contributed by atoms with Crippen molar-refractivity contribution in [2.45, 2.75) is 39.5 Å². The summed E-state index contributed by atoms with van der Waals surface area (Å²) in [5.41, 5.74) is 2.14. The summed E-state index contributed by atoms with van der Waals surface area (Å²) in [5, 5.41) is 10.4. The number of anilines is 1. The number of hydrogen-bond donors (Lipinski definition) is 0. The molecule has 1 aromatic rings. The molecule has 0 atom stereocenters. The molecule has 0 N–H and O–H groups in total. The Labute approximate surface area is 170 Å². The van der Waals surface area contributed by atoms with Gasteiger partial charge in [0.05, 0.1) is 4.91 Å². The fourth-order valence-corrected chi connectivity index (χ4v) is 4.24. The molecule has 0 aliphatic carbocycles. The molecule has 1 aliphatic heterocycles. The smallest absolute Gasteiger partial charge is 0.266 e. The number of aliphatic carboxylic acids is 1. The first kappa shape index (κ1) is 21.4. The molecule has 2 rings (SSSR count). The van der Waals surface area contributed by atoms with Crippen molar-refractivity contribution in [2.24, 2.45) is 0 Å². The van der Waals surface area contributed by atoms with Crippen LogP contribution in [0.1, 0.15) is 45.1 Å².